The number of halogens is 2. The average molecular weight is 451 g/mol. The monoisotopic (exact) mass is 450 g/mol. The predicted octanol–water partition coefficient (Wildman–Crippen LogP) is 4.19. The summed E-state index contributed by atoms with van der Waals surface area (Å²) in [5.74, 6) is -1.66. The number of hydrogen-bond donors (Lipinski definition) is 2. The third kappa shape index (κ3) is 4.97. The molecule has 1 aliphatic heterocycles. The molecule has 2 N–H and O–H groups in total. The molecule has 33 heavy (non-hydrogen) atoms. The topological polar surface area (TPSA) is 52.6 Å². The highest BCUT2D eigenvalue weighted by molar-refractivity contribution is 5.92. The fraction of sp³-hybridized carbons (Fsp3) is 0.296. The summed E-state index contributed by atoms with van der Waals surface area (Å²) in [7, 11) is 0. The standard InChI is InChI=1S/C27H28F2N2O2/c1-27(19-8-4-2-5-9-19,20-10-6-3-7-11-20)26(33)30-25(18-31-15-14-22(32)17-31)23-13-12-21(28)16-24(23)29/h2-13,16,22,25,32H,14-15,17-18H2,1H3,(H,30,33)/t22?,25-/m1/s1. The first-order valence-electron chi connectivity index (χ1n) is 11.2. The maximum atomic E-state index is 14.8. The van der Waals surface area contributed by atoms with E-state index in [0.717, 1.165) is 17.2 Å². The first-order valence-corrected chi connectivity index (χ1v) is 11.2. The zero-order valence-corrected chi connectivity index (χ0v) is 18.5. The molecule has 0 aliphatic carbocycles. The van der Waals surface area contributed by atoms with Gasteiger partial charge in [-0.15, -0.1) is 0 Å². The lowest BCUT2D eigenvalue weighted by atomic mass is 9.75. The first-order chi connectivity index (χ1) is 15.9. The van der Waals surface area contributed by atoms with Gasteiger partial charge in [-0.25, -0.2) is 8.78 Å². The summed E-state index contributed by atoms with van der Waals surface area (Å²) in [5, 5.41) is 13.0. The van der Waals surface area contributed by atoms with Crippen LogP contribution in [0.25, 0.3) is 0 Å². The van der Waals surface area contributed by atoms with Gasteiger partial charge in [-0.3, -0.25) is 9.69 Å². The van der Waals surface area contributed by atoms with Gasteiger partial charge in [-0.05, 0) is 30.5 Å². The summed E-state index contributed by atoms with van der Waals surface area (Å²) in [6.45, 7) is 3.25. The van der Waals surface area contributed by atoms with Crippen LogP contribution in [-0.4, -0.2) is 41.7 Å². The Balaban J connectivity index is 1.70. The molecule has 172 valence electrons. The summed E-state index contributed by atoms with van der Waals surface area (Å²) in [6.07, 6.45) is 0.177. The zero-order chi connectivity index (χ0) is 23.4. The molecule has 1 unspecified atom stereocenters. The van der Waals surface area contributed by atoms with Crippen LogP contribution >= 0.6 is 0 Å². The maximum absolute atomic E-state index is 14.8. The van der Waals surface area contributed by atoms with Crippen LogP contribution in [0.3, 0.4) is 0 Å². The Morgan fingerprint density at radius 1 is 1.06 bits per heavy atom. The molecule has 0 saturated carbocycles. The lowest BCUT2D eigenvalue weighted by molar-refractivity contribution is -0.125. The SMILES string of the molecule is CC(C(=O)N[C@H](CN1CCC(O)C1)c1ccc(F)cc1F)(c1ccccc1)c1ccccc1. The number of benzene rings is 3. The fourth-order valence-corrected chi connectivity index (χ4v) is 4.52. The first kappa shape index (κ1) is 23.1. The molecule has 4 nitrogen and oxygen atoms in total. The van der Waals surface area contributed by atoms with Crippen LogP contribution in [0.2, 0.25) is 0 Å². The van der Waals surface area contributed by atoms with Gasteiger partial charge >= 0.3 is 0 Å². The molecule has 0 bridgehead atoms. The molecule has 1 amide bonds. The average Bonchev–Trinajstić information content (AvgIpc) is 3.23. The number of nitrogens with one attached hydrogen (secondary N) is 1. The van der Waals surface area contributed by atoms with Crippen molar-refractivity contribution >= 4 is 5.91 Å². The second-order valence-electron chi connectivity index (χ2n) is 8.75. The van der Waals surface area contributed by atoms with Crippen molar-refractivity contribution in [3.8, 4) is 0 Å². The van der Waals surface area contributed by atoms with E-state index < -0.39 is 29.2 Å². The molecule has 0 aromatic heterocycles. The molecule has 0 spiro atoms. The van der Waals surface area contributed by atoms with Gasteiger partial charge < -0.3 is 10.4 Å². The van der Waals surface area contributed by atoms with Crippen molar-refractivity contribution in [3.63, 3.8) is 0 Å². The number of amides is 1. The molecule has 4 rings (SSSR count). The molecule has 0 radical (unpaired) electrons. The van der Waals surface area contributed by atoms with Crippen molar-refractivity contribution in [2.24, 2.45) is 0 Å². The van der Waals surface area contributed by atoms with Crippen molar-refractivity contribution in [3.05, 3.63) is 107 Å². The predicted molar refractivity (Wildman–Crippen MR) is 124 cm³/mol. The van der Waals surface area contributed by atoms with Gasteiger partial charge in [-0.1, -0.05) is 66.7 Å². The molecule has 2 atom stereocenters. The molecule has 3 aromatic carbocycles. The molecule has 6 heteroatoms. The Morgan fingerprint density at radius 2 is 1.67 bits per heavy atom. The second-order valence-corrected chi connectivity index (χ2v) is 8.75. The van der Waals surface area contributed by atoms with E-state index in [9.17, 15) is 18.7 Å². The fourth-order valence-electron chi connectivity index (χ4n) is 4.52. The van der Waals surface area contributed by atoms with E-state index in [1.54, 1.807) is 0 Å². The summed E-state index contributed by atoms with van der Waals surface area (Å²) < 4.78 is 28.4. The number of carbonyl (C=O) groups excluding carboxylic acids is 1. The third-order valence-electron chi connectivity index (χ3n) is 6.49. The minimum Gasteiger partial charge on any atom is -0.392 e. The number of aliphatic hydroxyl groups excluding tert-OH is 1. The number of rotatable bonds is 7. The Hall–Kier alpha value is -3.09. The van der Waals surface area contributed by atoms with Crippen LogP contribution in [-0.2, 0) is 10.2 Å². The van der Waals surface area contributed by atoms with E-state index in [0.29, 0.717) is 26.1 Å². The summed E-state index contributed by atoms with van der Waals surface area (Å²) in [6, 6.07) is 21.6. The normalized spacial score (nSPS) is 17.6. The van der Waals surface area contributed by atoms with Gasteiger partial charge in [0.2, 0.25) is 5.91 Å². The van der Waals surface area contributed by atoms with Crippen LogP contribution in [0.15, 0.2) is 78.9 Å². The minimum atomic E-state index is -1.03. The van der Waals surface area contributed by atoms with Crippen LogP contribution in [0.4, 0.5) is 8.78 Å². The van der Waals surface area contributed by atoms with Gasteiger partial charge in [0.25, 0.3) is 0 Å². The van der Waals surface area contributed by atoms with Crippen LogP contribution in [0.5, 0.6) is 0 Å². The number of aliphatic hydroxyl groups is 1. The lowest BCUT2D eigenvalue weighted by Crippen LogP contribution is -2.47. The molecular weight excluding hydrogens is 422 g/mol. The maximum Gasteiger partial charge on any atom is 0.235 e. The summed E-state index contributed by atoms with van der Waals surface area (Å²) >= 11 is 0. The smallest absolute Gasteiger partial charge is 0.235 e. The van der Waals surface area contributed by atoms with E-state index in [1.807, 2.05) is 72.5 Å². The van der Waals surface area contributed by atoms with Crippen molar-refractivity contribution in [1.82, 2.24) is 10.2 Å². The van der Waals surface area contributed by atoms with Crippen molar-refractivity contribution in [2.75, 3.05) is 19.6 Å². The number of carbonyl (C=O) groups is 1. The van der Waals surface area contributed by atoms with Crippen molar-refractivity contribution in [2.45, 2.75) is 30.9 Å². The molecule has 1 aliphatic rings. The van der Waals surface area contributed by atoms with E-state index in [4.69, 9.17) is 0 Å². The molecule has 1 heterocycles. The quantitative estimate of drug-likeness (QED) is 0.568. The Bertz CT molecular complexity index is 1050. The number of nitrogens with zero attached hydrogens (tertiary/aromatic N) is 1. The molecule has 1 saturated heterocycles. The van der Waals surface area contributed by atoms with Crippen LogP contribution < -0.4 is 5.32 Å². The summed E-state index contributed by atoms with van der Waals surface area (Å²) in [5.41, 5.74) is 0.809. The van der Waals surface area contributed by atoms with Gasteiger partial charge in [-0.2, -0.15) is 0 Å². The highest BCUT2D eigenvalue weighted by Crippen LogP contribution is 2.33. The minimum absolute atomic E-state index is 0.217. The van der Waals surface area contributed by atoms with Gasteiger partial charge in [0.1, 0.15) is 11.6 Å². The van der Waals surface area contributed by atoms with E-state index in [-0.39, 0.29) is 11.5 Å². The molecular formula is C27H28F2N2O2. The van der Waals surface area contributed by atoms with Crippen molar-refractivity contribution < 1.29 is 18.7 Å². The Morgan fingerprint density at radius 3 is 2.18 bits per heavy atom. The highest BCUT2D eigenvalue weighted by Gasteiger charge is 2.39. The Labute approximate surface area is 192 Å². The number of likely N-dealkylation sites (tertiary alicyclic amines) is 1. The zero-order valence-electron chi connectivity index (χ0n) is 18.5. The largest absolute Gasteiger partial charge is 0.392 e. The number of β-amino-alcohol motifs (C(OH)–C–C–N with tert-alkyl or cyclic N) is 1. The number of hydrogen-bond acceptors (Lipinski definition) is 3. The summed E-state index contributed by atoms with van der Waals surface area (Å²) in [4.78, 5) is 15.9. The van der Waals surface area contributed by atoms with Gasteiger partial charge in [0.15, 0.2) is 0 Å². The Kier molecular flexibility index (Phi) is 6.86. The second kappa shape index (κ2) is 9.81. The van der Waals surface area contributed by atoms with Gasteiger partial charge in [0.05, 0.1) is 17.6 Å². The van der Waals surface area contributed by atoms with Crippen molar-refractivity contribution in [1.29, 1.82) is 0 Å². The third-order valence-corrected chi connectivity index (χ3v) is 6.49. The molecule has 1 fully saturated rings. The van der Waals surface area contributed by atoms with Gasteiger partial charge in [0, 0.05) is 31.3 Å². The highest BCUT2D eigenvalue weighted by atomic mass is 19.1. The van der Waals surface area contributed by atoms with E-state index in [1.165, 1.54) is 12.1 Å². The van der Waals surface area contributed by atoms with Crippen LogP contribution in [0.1, 0.15) is 36.1 Å². The van der Waals surface area contributed by atoms with E-state index >= 15 is 0 Å². The van der Waals surface area contributed by atoms with Crippen LogP contribution in [0, 0.1) is 11.6 Å². The lowest BCUT2D eigenvalue weighted by Gasteiger charge is -2.33. The van der Waals surface area contributed by atoms with E-state index in [2.05, 4.69) is 5.32 Å². The molecule has 3 aromatic rings.